The maximum atomic E-state index is 5.16. The number of hydrogen-bond donors (Lipinski definition) is 0. The number of methoxy groups -OCH3 is 1. The van der Waals surface area contributed by atoms with Crippen LogP contribution < -0.4 is 4.74 Å². The molecule has 3 rings (SSSR count). The lowest BCUT2D eigenvalue weighted by Gasteiger charge is -2.01. The Labute approximate surface area is 98.5 Å². The third kappa shape index (κ3) is 1.63. The van der Waals surface area contributed by atoms with Crippen LogP contribution in [0.15, 0.2) is 48.7 Å². The van der Waals surface area contributed by atoms with Gasteiger partial charge in [0.2, 0.25) is 0 Å². The second-order valence-corrected chi connectivity index (χ2v) is 3.68. The van der Waals surface area contributed by atoms with Gasteiger partial charge in [-0.2, -0.15) is 0 Å². The first kappa shape index (κ1) is 9.84. The summed E-state index contributed by atoms with van der Waals surface area (Å²) in [5, 5.41) is 8.33. The molecule has 0 bridgehead atoms. The molecule has 0 aliphatic heterocycles. The predicted molar refractivity (Wildman–Crippen MR) is 65.0 cm³/mol. The van der Waals surface area contributed by atoms with E-state index in [2.05, 4.69) is 10.2 Å². The molecule has 17 heavy (non-hydrogen) atoms. The van der Waals surface area contributed by atoms with E-state index in [1.165, 1.54) is 0 Å². The molecule has 0 aliphatic rings. The number of nitrogens with zero attached hydrogens (tertiary/aromatic N) is 3. The minimum absolute atomic E-state index is 0.781. The molecule has 0 fully saturated rings. The van der Waals surface area contributed by atoms with Crippen molar-refractivity contribution >= 4 is 5.65 Å². The first-order chi connectivity index (χ1) is 8.38. The van der Waals surface area contributed by atoms with Gasteiger partial charge in [-0.15, -0.1) is 10.2 Å². The number of benzene rings is 1. The summed E-state index contributed by atoms with van der Waals surface area (Å²) in [6, 6.07) is 13.7. The molecule has 4 heteroatoms. The average Bonchev–Trinajstić information content (AvgIpc) is 2.82. The Hall–Kier alpha value is -2.36. The van der Waals surface area contributed by atoms with Crippen LogP contribution in [-0.4, -0.2) is 21.7 Å². The fourth-order valence-electron chi connectivity index (χ4n) is 1.78. The van der Waals surface area contributed by atoms with Crippen LogP contribution in [0.25, 0.3) is 17.0 Å². The van der Waals surface area contributed by atoms with E-state index in [1.54, 1.807) is 7.11 Å². The monoisotopic (exact) mass is 225 g/mol. The summed E-state index contributed by atoms with van der Waals surface area (Å²) in [5.41, 5.74) is 1.83. The van der Waals surface area contributed by atoms with Gasteiger partial charge in [0.25, 0.3) is 0 Å². The van der Waals surface area contributed by atoms with Crippen LogP contribution in [0.2, 0.25) is 0 Å². The van der Waals surface area contributed by atoms with Crippen molar-refractivity contribution in [3.8, 4) is 17.1 Å². The highest BCUT2D eigenvalue weighted by atomic mass is 16.5. The average molecular weight is 225 g/mol. The highest BCUT2D eigenvalue weighted by Crippen LogP contribution is 2.20. The summed E-state index contributed by atoms with van der Waals surface area (Å²) in [5.74, 6) is 1.62. The van der Waals surface area contributed by atoms with Crippen molar-refractivity contribution in [2.24, 2.45) is 0 Å². The molecule has 2 aromatic heterocycles. The Morgan fingerprint density at radius 2 is 1.88 bits per heavy atom. The summed E-state index contributed by atoms with van der Waals surface area (Å²) in [6.45, 7) is 0. The predicted octanol–water partition coefficient (Wildman–Crippen LogP) is 2.40. The molecule has 1 aromatic carbocycles. The van der Waals surface area contributed by atoms with Crippen LogP contribution in [0, 0.1) is 0 Å². The summed E-state index contributed by atoms with van der Waals surface area (Å²) < 4.78 is 7.10. The minimum Gasteiger partial charge on any atom is -0.497 e. The topological polar surface area (TPSA) is 39.4 Å². The third-order valence-electron chi connectivity index (χ3n) is 2.65. The van der Waals surface area contributed by atoms with Crippen LogP contribution in [0.4, 0.5) is 0 Å². The Kier molecular flexibility index (Phi) is 2.26. The quantitative estimate of drug-likeness (QED) is 0.672. The maximum Gasteiger partial charge on any atom is 0.168 e. The molecule has 0 saturated carbocycles. The zero-order chi connectivity index (χ0) is 11.7. The molecule has 0 radical (unpaired) electrons. The number of fused-ring (bicyclic) bond motifs is 1. The van der Waals surface area contributed by atoms with Crippen molar-refractivity contribution in [3.63, 3.8) is 0 Å². The lowest BCUT2D eigenvalue weighted by molar-refractivity contribution is 0.414. The van der Waals surface area contributed by atoms with Gasteiger partial charge >= 0.3 is 0 Å². The van der Waals surface area contributed by atoms with Gasteiger partial charge in [-0.05, 0) is 6.07 Å². The van der Waals surface area contributed by atoms with Gasteiger partial charge in [0.1, 0.15) is 5.75 Å². The molecule has 0 atom stereocenters. The smallest absolute Gasteiger partial charge is 0.168 e. The lowest BCUT2D eigenvalue weighted by atomic mass is 10.2. The van der Waals surface area contributed by atoms with Gasteiger partial charge in [-0.1, -0.05) is 30.3 Å². The molecule has 0 aliphatic carbocycles. The summed E-state index contributed by atoms with van der Waals surface area (Å²) >= 11 is 0. The molecule has 0 N–H and O–H groups in total. The Balaban J connectivity index is 2.19. The molecule has 0 amide bonds. The molecular weight excluding hydrogens is 214 g/mol. The van der Waals surface area contributed by atoms with E-state index in [0.717, 1.165) is 22.8 Å². The number of ether oxygens (including phenoxy) is 1. The summed E-state index contributed by atoms with van der Waals surface area (Å²) in [7, 11) is 1.64. The number of hydrogen-bond acceptors (Lipinski definition) is 3. The van der Waals surface area contributed by atoms with Gasteiger partial charge < -0.3 is 4.74 Å². The number of aromatic nitrogens is 3. The normalized spacial score (nSPS) is 10.6. The Morgan fingerprint density at radius 3 is 2.65 bits per heavy atom. The lowest BCUT2D eigenvalue weighted by Crippen LogP contribution is -1.90. The van der Waals surface area contributed by atoms with Crippen molar-refractivity contribution in [1.82, 2.24) is 14.6 Å². The molecule has 84 valence electrons. The first-order valence-electron chi connectivity index (χ1n) is 5.33. The molecule has 0 saturated heterocycles. The van der Waals surface area contributed by atoms with E-state index in [-0.39, 0.29) is 0 Å². The molecule has 0 unspecified atom stereocenters. The Morgan fingerprint density at radius 1 is 1.06 bits per heavy atom. The van der Waals surface area contributed by atoms with E-state index in [9.17, 15) is 0 Å². The van der Waals surface area contributed by atoms with Crippen LogP contribution in [0.5, 0.6) is 5.75 Å². The Bertz CT molecular complexity index is 646. The van der Waals surface area contributed by atoms with Crippen molar-refractivity contribution in [3.05, 3.63) is 48.7 Å². The van der Waals surface area contributed by atoms with Crippen LogP contribution >= 0.6 is 0 Å². The van der Waals surface area contributed by atoms with Crippen LogP contribution in [0.1, 0.15) is 0 Å². The third-order valence-corrected chi connectivity index (χ3v) is 2.65. The molecular formula is C13H11N3O. The standard InChI is InChI=1S/C13H11N3O/c1-17-11-7-8-16-12(9-11)14-15-13(16)10-5-3-2-4-6-10/h2-9H,1H3. The highest BCUT2D eigenvalue weighted by molar-refractivity contribution is 5.60. The summed E-state index contributed by atoms with van der Waals surface area (Å²) in [6.07, 6.45) is 1.91. The van der Waals surface area contributed by atoms with Crippen LogP contribution in [-0.2, 0) is 0 Å². The molecule has 0 spiro atoms. The second kappa shape index (κ2) is 3.90. The fourth-order valence-corrected chi connectivity index (χ4v) is 1.78. The van der Waals surface area contributed by atoms with E-state index < -0.39 is 0 Å². The SMILES string of the molecule is COc1ccn2c(-c3ccccc3)nnc2c1. The van der Waals surface area contributed by atoms with E-state index >= 15 is 0 Å². The number of pyridine rings is 1. The molecule has 3 aromatic rings. The zero-order valence-corrected chi connectivity index (χ0v) is 9.37. The van der Waals surface area contributed by atoms with Crippen molar-refractivity contribution in [1.29, 1.82) is 0 Å². The van der Waals surface area contributed by atoms with Crippen molar-refractivity contribution < 1.29 is 4.74 Å². The van der Waals surface area contributed by atoms with Gasteiger partial charge in [-0.25, -0.2) is 0 Å². The molecule has 2 heterocycles. The minimum atomic E-state index is 0.781. The fraction of sp³-hybridized carbons (Fsp3) is 0.0769. The van der Waals surface area contributed by atoms with Gasteiger partial charge in [-0.3, -0.25) is 4.40 Å². The van der Waals surface area contributed by atoms with Gasteiger partial charge in [0.15, 0.2) is 11.5 Å². The van der Waals surface area contributed by atoms with Gasteiger partial charge in [0.05, 0.1) is 7.11 Å². The second-order valence-electron chi connectivity index (χ2n) is 3.68. The highest BCUT2D eigenvalue weighted by Gasteiger charge is 2.07. The van der Waals surface area contributed by atoms with Gasteiger partial charge in [0, 0.05) is 17.8 Å². The van der Waals surface area contributed by atoms with Crippen LogP contribution in [0.3, 0.4) is 0 Å². The van der Waals surface area contributed by atoms with Crippen molar-refractivity contribution in [2.45, 2.75) is 0 Å². The maximum absolute atomic E-state index is 5.16. The van der Waals surface area contributed by atoms with E-state index in [0.29, 0.717) is 0 Å². The first-order valence-corrected chi connectivity index (χ1v) is 5.33. The van der Waals surface area contributed by atoms with E-state index in [1.807, 2.05) is 53.1 Å². The zero-order valence-electron chi connectivity index (χ0n) is 9.37. The van der Waals surface area contributed by atoms with Crippen molar-refractivity contribution in [2.75, 3.05) is 7.11 Å². The number of rotatable bonds is 2. The summed E-state index contributed by atoms with van der Waals surface area (Å²) in [4.78, 5) is 0. The molecule has 4 nitrogen and oxygen atoms in total. The van der Waals surface area contributed by atoms with E-state index in [4.69, 9.17) is 4.74 Å². The largest absolute Gasteiger partial charge is 0.497 e.